The highest BCUT2D eigenvalue weighted by Gasteiger charge is 2.23. The fourth-order valence-electron chi connectivity index (χ4n) is 3.43. The van der Waals surface area contributed by atoms with E-state index in [1.54, 1.807) is 28.9 Å². The van der Waals surface area contributed by atoms with E-state index in [0.717, 1.165) is 16.9 Å². The molecule has 4 aromatic rings. The van der Waals surface area contributed by atoms with Crippen LogP contribution in [0.4, 0.5) is 11.4 Å². The van der Waals surface area contributed by atoms with Gasteiger partial charge in [-0.15, -0.1) is 0 Å². The van der Waals surface area contributed by atoms with Crippen LogP contribution in [0, 0.1) is 6.92 Å². The largest absolute Gasteiger partial charge is 0.326 e. The molecule has 2 amide bonds. The zero-order valence-corrected chi connectivity index (χ0v) is 17.3. The summed E-state index contributed by atoms with van der Waals surface area (Å²) in [5.41, 5.74) is 4.93. The average Bonchev–Trinajstić information content (AvgIpc) is 3.13. The Kier molecular flexibility index (Phi) is 5.62. The maximum Gasteiger partial charge on any atom is 0.259 e. The van der Waals surface area contributed by atoms with Crippen molar-refractivity contribution >= 4 is 23.2 Å². The van der Waals surface area contributed by atoms with Crippen LogP contribution in [0.15, 0.2) is 84.9 Å². The molecule has 0 aliphatic rings. The van der Waals surface area contributed by atoms with Gasteiger partial charge in [0.2, 0.25) is 5.91 Å². The SMILES string of the molecule is CC(=O)Nc1ccc(NC(=O)c2c(-c3ccccc3)nn(-c3ccccc3)c2C)cc1. The van der Waals surface area contributed by atoms with Gasteiger partial charge in [-0.05, 0) is 43.3 Å². The Bertz CT molecular complexity index is 1210. The minimum atomic E-state index is -0.245. The van der Waals surface area contributed by atoms with Gasteiger partial charge in [-0.1, -0.05) is 48.5 Å². The highest BCUT2D eigenvalue weighted by Crippen LogP contribution is 2.28. The molecule has 0 unspecified atom stereocenters. The van der Waals surface area contributed by atoms with Crippen LogP contribution in [0.1, 0.15) is 23.0 Å². The summed E-state index contributed by atoms with van der Waals surface area (Å²) >= 11 is 0. The fourth-order valence-corrected chi connectivity index (χ4v) is 3.43. The molecular weight excluding hydrogens is 388 g/mol. The normalized spacial score (nSPS) is 10.5. The number of amides is 2. The van der Waals surface area contributed by atoms with Gasteiger partial charge in [-0.3, -0.25) is 9.59 Å². The third-order valence-electron chi connectivity index (χ3n) is 4.85. The molecule has 1 aromatic heterocycles. The number of rotatable bonds is 5. The van der Waals surface area contributed by atoms with Gasteiger partial charge in [-0.25, -0.2) is 4.68 Å². The van der Waals surface area contributed by atoms with Crippen molar-refractivity contribution in [1.82, 2.24) is 9.78 Å². The van der Waals surface area contributed by atoms with Crippen molar-refractivity contribution in [2.24, 2.45) is 0 Å². The summed E-state index contributed by atoms with van der Waals surface area (Å²) in [6.45, 7) is 3.34. The Morgan fingerprint density at radius 1 is 0.774 bits per heavy atom. The molecule has 31 heavy (non-hydrogen) atoms. The number of para-hydroxylation sites is 1. The average molecular weight is 410 g/mol. The maximum atomic E-state index is 13.3. The number of hydrogen-bond donors (Lipinski definition) is 2. The second-order valence-electron chi connectivity index (χ2n) is 7.14. The monoisotopic (exact) mass is 410 g/mol. The Morgan fingerprint density at radius 2 is 1.32 bits per heavy atom. The Labute approximate surface area is 180 Å². The van der Waals surface area contributed by atoms with Crippen molar-refractivity contribution < 1.29 is 9.59 Å². The van der Waals surface area contributed by atoms with E-state index in [-0.39, 0.29) is 11.8 Å². The minimum Gasteiger partial charge on any atom is -0.326 e. The van der Waals surface area contributed by atoms with E-state index in [9.17, 15) is 9.59 Å². The standard InChI is InChI=1S/C25H22N4O2/c1-17-23(25(31)27-21-15-13-20(14-16-21)26-18(2)30)24(19-9-5-3-6-10-19)28-29(17)22-11-7-4-8-12-22/h3-16H,1-2H3,(H,26,30)(H,27,31). The molecular formula is C25H22N4O2. The highest BCUT2D eigenvalue weighted by atomic mass is 16.2. The van der Waals surface area contributed by atoms with Crippen LogP contribution in [0.5, 0.6) is 0 Å². The van der Waals surface area contributed by atoms with Crippen molar-refractivity contribution in [3.8, 4) is 16.9 Å². The second-order valence-corrected chi connectivity index (χ2v) is 7.14. The molecule has 0 aliphatic heterocycles. The Morgan fingerprint density at radius 3 is 1.90 bits per heavy atom. The molecule has 1 heterocycles. The zero-order chi connectivity index (χ0) is 21.8. The summed E-state index contributed by atoms with van der Waals surface area (Å²) in [6, 6.07) is 26.4. The van der Waals surface area contributed by atoms with E-state index in [4.69, 9.17) is 5.10 Å². The lowest BCUT2D eigenvalue weighted by Crippen LogP contribution is -2.14. The van der Waals surface area contributed by atoms with Crippen LogP contribution in [0.2, 0.25) is 0 Å². The minimum absolute atomic E-state index is 0.145. The molecule has 0 aliphatic carbocycles. The summed E-state index contributed by atoms with van der Waals surface area (Å²) < 4.78 is 1.79. The Balaban J connectivity index is 1.71. The van der Waals surface area contributed by atoms with Gasteiger partial charge in [0.15, 0.2) is 0 Å². The number of nitrogens with zero attached hydrogens (tertiary/aromatic N) is 2. The number of anilines is 2. The number of hydrogen-bond acceptors (Lipinski definition) is 3. The van der Waals surface area contributed by atoms with E-state index in [0.29, 0.717) is 22.6 Å². The summed E-state index contributed by atoms with van der Waals surface area (Å²) in [4.78, 5) is 24.5. The van der Waals surface area contributed by atoms with Crippen LogP contribution >= 0.6 is 0 Å². The Hall–Kier alpha value is -4.19. The first-order valence-corrected chi connectivity index (χ1v) is 9.92. The molecule has 6 heteroatoms. The lowest BCUT2D eigenvalue weighted by Gasteiger charge is -2.09. The summed E-state index contributed by atoms with van der Waals surface area (Å²) in [5, 5.41) is 10.4. The van der Waals surface area contributed by atoms with Gasteiger partial charge >= 0.3 is 0 Å². The number of aromatic nitrogens is 2. The van der Waals surface area contributed by atoms with Gasteiger partial charge < -0.3 is 10.6 Å². The first kappa shape index (κ1) is 20.1. The van der Waals surface area contributed by atoms with E-state index in [1.807, 2.05) is 67.6 Å². The summed E-state index contributed by atoms with van der Waals surface area (Å²) in [7, 11) is 0. The van der Waals surface area contributed by atoms with E-state index < -0.39 is 0 Å². The molecule has 0 fully saturated rings. The molecule has 154 valence electrons. The number of benzene rings is 3. The molecule has 0 spiro atoms. The number of carbonyl (C=O) groups is 2. The van der Waals surface area contributed by atoms with Crippen molar-refractivity contribution in [2.75, 3.05) is 10.6 Å². The van der Waals surface area contributed by atoms with Crippen molar-refractivity contribution in [3.05, 3.63) is 96.2 Å². The molecule has 0 saturated heterocycles. The van der Waals surface area contributed by atoms with Gasteiger partial charge in [0.25, 0.3) is 5.91 Å². The van der Waals surface area contributed by atoms with Gasteiger partial charge in [0.05, 0.1) is 16.9 Å². The molecule has 4 rings (SSSR count). The fraction of sp³-hybridized carbons (Fsp3) is 0.0800. The van der Waals surface area contributed by atoms with E-state index in [2.05, 4.69) is 10.6 Å². The van der Waals surface area contributed by atoms with Crippen LogP contribution in [0.3, 0.4) is 0 Å². The maximum absolute atomic E-state index is 13.3. The zero-order valence-electron chi connectivity index (χ0n) is 17.3. The van der Waals surface area contributed by atoms with Crippen LogP contribution in [-0.4, -0.2) is 21.6 Å². The van der Waals surface area contributed by atoms with E-state index >= 15 is 0 Å². The number of carbonyl (C=O) groups excluding carboxylic acids is 2. The second kappa shape index (κ2) is 8.67. The quantitative estimate of drug-likeness (QED) is 0.483. The van der Waals surface area contributed by atoms with Gasteiger partial charge in [0.1, 0.15) is 5.69 Å². The third-order valence-corrected chi connectivity index (χ3v) is 4.85. The highest BCUT2D eigenvalue weighted by molar-refractivity contribution is 6.09. The van der Waals surface area contributed by atoms with Gasteiger partial charge in [0, 0.05) is 23.9 Å². The predicted octanol–water partition coefficient (Wildman–Crippen LogP) is 5.06. The molecule has 0 saturated carbocycles. The summed E-state index contributed by atoms with van der Waals surface area (Å²) in [6.07, 6.45) is 0. The van der Waals surface area contributed by atoms with Crippen LogP contribution < -0.4 is 10.6 Å². The molecule has 2 N–H and O–H groups in total. The lowest BCUT2D eigenvalue weighted by molar-refractivity contribution is -0.114. The molecule has 0 radical (unpaired) electrons. The van der Waals surface area contributed by atoms with Crippen molar-refractivity contribution in [3.63, 3.8) is 0 Å². The third kappa shape index (κ3) is 4.38. The lowest BCUT2D eigenvalue weighted by atomic mass is 10.1. The summed E-state index contributed by atoms with van der Waals surface area (Å²) in [5.74, 6) is -0.390. The van der Waals surface area contributed by atoms with Gasteiger partial charge in [-0.2, -0.15) is 5.10 Å². The van der Waals surface area contributed by atoms with Crippen molar-refractivity contribution in [1.29, 1.82) is 0 Å². The van der Waals surface area contributed by atoms with Crippen molar-refractivity contribution in [2.45, 2.75) is 13.8 Å². The topological polar surface area (TPSA) is 76.0 Å². The van der Waals surface area contributed by atoms with E-state index in [1.165, 1.54) is 6.92 Å². The molecule has 0 atom stereocenters. The molecule has 0 bridgehead atoms. The molecule has 6 nitrogen and oxygen atoms in total. The number of nitrogens with one attached hydrogen (secondary N) is 2. The van der Waals surface area contributed by atoms with Crippen LogP contribution in [0.25, 0.3) is 16.9 Å². The predicted molar refractivity (Wildman–Crippen MR) is 122 cm³/mol. The van der Waals surface area contributed by atoms with Crippen LogP contribution in [-0.2, 0) is 4.79 Å². The first-order valence-electron chi connectivity index (χ1n) is 9.92. The molecule has 3 aromatic carbocycles. The smallest absolute Gasteiger partial charge is 0.259 e. The first-order chi connectivity index (χ1) is 15.0.